The number of aliphatic hydroxyl groups is 1. The van der Waals surface area contributed by atoms with Crippen LogP contribution in [-0.2, 0) is 19.0 Å². The van der Waals surface area contributed by atoms with Crippen molar-refractivity contribution in [2.45, 2.75) is 96.2 Å². The molecule has 0 aromatic rings. The Morgan fingerprint density at radius 2 is 1.77 bits per heavy atom. The van der Waals surface area contributed by atoms with E-state index in [2.05, 4.69) is 25.3 Å². The van der Waals surface area contributed by atoms with Crippen LogP contribution in [0, 0.1) is 34.5 Å². The van der Waals surface area contributed by atoms with Crippen LogP contribution in [0.3, 0.4) is 0 Å². The topological polar surface area (TPSA) is 85.3 Å². The Labute approximate surface area is 234 Å². The van der Waals surface area contributed by atoms with Gasteiger partial charge in [0.05, 0.1) is 12.7 Å². The van der Waals surface area contributed by atoms with Gasteiger partial charge in [0, 0.05) is 18.0 Å². The van der Waals surface area contributed by atoms with E-state index in [-0.39, 0.29) is 34.7 Å². The van der Waals surface area contributed by atoms with Crippen LogP contribution in [0.25, 0.3) is 0 Å². The molecule has 5 aliphatic rings. The fourth-order valence-corrected chi connectivity index (χ4v) is 9.68. The average Bonchev–Trinajstić information content (AvgIpc) is 3.53. The van der Waals surface area contributed by atoms with Crippen molar-refractivity contribution in [2.75, 3.05) is 33.4 Å². The second kappa shape index (κ2) is 11.2. The first-order valence-corrected chi connectivity index (χ1v) is 15.3. The zero-order valence-electron chi connectivity index (χ0n) is 24.3. The van der Waals surface area contributed by atoms with Crippen molar-refractivity contribution in [2.24, 2.45) is 34.5 Å². The summed E-state index contributed by atoms with van der Waals surface area (Å²) in [5.74, 6) is 1.03. The largest absolute Gasteiger partial charge is 0.508 e. The van der Waals surface area contributed by atoms with Crippen LogP contribution >= 0.6 is 0 Å². The Balaban J connectivity index is 1.19. The number of methoxy groups -OCH3 is 1. The number of hydrogen-bond acceptors (Lipinski definition) is 7. The highest BCUT2D eigenvalue weighted by atomic mass is 16.7. The van der Waals surface area contributed by atoms with E-state index in [1.54, 1.807) is 6.08 Å². The minimum absolute atomic E-state index is 0.0726. The predicted molar refractivity (Wildman–Crippen MR) is 149 cm³/mol. The Kier molecular flexibility index (Phi) is 8.23. The fourth-order valence-electron chi connectivity index (χ4n) is 9.68. The molecule has 0 aromatic carbocycles. The first kappa shape index (κ1) is 28.7. The standard InChI is InChI=1S/C32H49NO6/c1-22(7-10-28(34)37-4)25-13-16-32(36)27-9-8-23-21-24(39-29(35)38-20-19-33-17-5-6-18-33)11-14-30(23,2)26(27)12-15-31(25,32)3/h7,10,23-27,36H,1,5-6,8-9,11-21H2,2-4H3/b10-7-/t23-,24+,25-,26+,27-,30+,31-,32+/m1/s1. The summed E-state index contributed by atoms with van der Waals surface area (Å²) in [6.45, 7) is 12.4. The van der Waals surface area contributed by atoms with Gasteiger partial charge >= 0.3 is 12.1 Å². The van der Waals surface area contributed by atoms with Crippen LogP contribution in [0.15, 0.2) is 24.3 Å². The number of carbonyl (C=O) groups excluding carboxylic acids is 2. The van der Waals surface area contributed by atoms with Gasteiger partial charge in [0.15, 0.2) is 0 Å². The minimum atomic E-state index is -0.719. The number of carbonyl (C=O) groups is 2. The molecule has 1 heterocycles. The van der Waals surface area contributed by atoms with Crippen LogP contribution in [0.4, 0.5) is 4.79 Å². The lowest BCUT2D eigenvalue weighted by Crippen LogP contribution is -2.62. The van der Waals surface area contributed by atoms with Gasteiger partial charge in [-0.15, -0.1) is 0 Å². The Bertz CT molecular complexity index is 974. The SMILES string of the molecule is C=C(/C=C\C(=O)OC)[C@H]1CC[C@]2(O)[C@@H]3CC[C@@H]4C[C@@H](OC(=O)OCCN5CCCC5)CC[C@]4(C)[C@H]3CC[C@]12C. The van der Waals surface area contributed by atoms with Crippen molar-refractivity contribution in [3.63, 3.8) is 0 Å². The summed E-state index contributed by atoms with van der Waals surface area (Å²) in [5.41, 5.74) is 0.110. The van der Waals surface area contributed by atoms with Gasteiger partial charge in [-0.2, -0.15) is 0 Å². The molecule has 5 rings (SSSR count). The molecule has 1 N–H and O–H groups in total. The van der Waals surface area contributed by atoms with E-state index in [0.717, 1.165) is 83.0 Å². The van der Waals surface area contributed by atoms with E-state index in [4.69, 9.17) is 14.2 Å². The third-order valence-electron chi connectivity index (χ3n) is 12.0. The Hall–Kier alpha value is -1.86. The molecule has 0 unspecified atom stereocenters. The van der Waals surface area contributed by atoms with Gasteiger partial charge in [0.25, 0.3) is 0 Å². The molecule has 7 heteroatoms. The van der Waals surface area contributed by atoms with E-state index < -0.39 is 11.8 Å². The molecule has 0 radical (unpaired) electrons. The molecule has 4 saturated carbocycles. The van der Waals surface area contributed by atoms with Crippen molar-refractivity contribution < 1.29 is 28.9 Å². The number of hydrogen-bond donors (Lipinski definition) is 1. The minimum Gasteiger partial charge on any atom is -0.466 e. The predicted octanol–water partition coefficient (Wildman–Crippen LogP) is 5.66. The highest BCUT2D eigenvalue weighted by Gasteiger charge is 2.67. The molecule has 0 bridgehead atoms. The number of fused-ring (bicyclic) bond motifs is 5. The second-order valence-corrected chi connectivity index (χ2v) is 13.6. The maximum atomic E-state index is 12.4. The molecule has 0 spiro atoms. The second-order valence-electron chi connectivity index (χ2n) is 13.6. The summed E-state index contributed by atoms with van der Waals surface area (Å²) in [6, 6.07) is 0. The summed E-state index contributed by atoms with van der Waals surface area (Å²) >= 11 is 0. The van der Waals surface area contributed by atoms with Gasteiger partial charge in [-0.1, -0.05) is 32.1 Å². The lowest BCUT2D eigenvalue weighted by molar-refractivity contribution is -0.208. The van der Waals surface area contributed by atoms with Crippen LogP contribution < -0.4 is 0 Å². The summed E-state index contributed by atoms with van der Waals surface area (Å²) in [4.78, 5) is 26.4. The summed E-state index contributed by atoms with van der Waals surface area (Å²) in [5, 5.41) is 12.4. The highest BCUT2D eigenvalue weighted by Crippen LogP contribution is 2.69. The lowest BCUT2D eigenvalue weighted by atomic mass is 9.43. The summed E-state index contributed by atoms with van der Waals surface area (Å²) in [6.07, 6.45) is 13.7. The van der Waals surface area contributed by atoms with E-state index in [0.29, 0.717) is 18.4 Å². The van der Waals surface area contributed by atoms with Crippen molar-refractivity contribution in [3.8, 4) is 0 Å². The van der Waals surface area contributed by atoms with Crippen molar-refractivity contribution in [1.29, 1.82) is 0 Å². The molecule has 1 aliphatic heterocycles. The third-order valence-corrected chi connectivity index (χ3v) is 12.0. The molecular weight excluding hydrogens is 494 g/mol. The molecule has 1 saturated heterocycles. The Morgan fingerprint density at radius 3 is 2.51 bits per heavy atom. The first-order chi connectivity index (χ1) is 18.6. The lowest BCUT2D eigenvalue weighted by Gasteiger charge is -2.63. The van der Waals surface area contributed by atoms with Gasteiger partial charge < -0.3 is 19.3 Å². The molecule has 0 amide bonds. The normalized spacial score (nSPS) is 41.9. The van der Waals surface area contributed by atoms with Gasteiger partial charge in [-0.25, -0.2) is 9.59 Å². The zero-order chi connectivity index (χ0) is 27.8. The summed E-state index contributed by atoms with van der Waals surface area (Å²) < 4.78 is 16.0. The van der Waals surface area contributed by atoms with Crippen LogP contribution in [0.1, 0.15) is 84.5 Å². The monoisotopic (exact) mass is 543 g/mol. The number of nitrogens with zero attached hydrogens (tertiary/aromatic N) is 1. The van der Waals surface area contributed by atoms with Gasteiger partial charge in [0.1, 0.15) is 12.7 Å². The first-order valence-electron chi connectivity index (χ1n) is 15.3. The van der Waals surface area contributed by atoms with Crippen molar-refractivity contribution >= 4 is 12.1 Å². The van der Waals surface area contributed by atoms with Crippen molar-refractivity contribution in [1.82, 2.24) is 4.90 Å². The molecule has 218 valence electrons. The maximum Gasteiger partial charge on any atom is 0.508 e. The third kappa shape index (κ3) is 5.18. The van der Waals surface area contributed by atoms with Crippen LogP contribution in [0.5, 0.6) is 0 Å². The quantitative estimate of drug-likeness (QED) is 0.252. The molecule has 0 aromatic heterocycles. The fraction of sp³-hybridized carbons (Fsp3) is 0.812. The maximum absolute atomic E-state index is 12.4. The Morgan fingerprint density at radius 1 is 1.00 bits per heavy atom. The summed E-state index contributed by atoms with van der Waals surface area (Å²) in [7, 11) is 1.38. The van der Waals surface area contributed by atoms with E-state index >= 15 is 0 Å². The van der Waals surface area contributed by atoms with Crippen LogP contribution in [-0.4, -0.2) is 67.2 Å². The zero-order valence-corrected chi connectivity index (χ0v) is 24.3. The molecule has 7 nitrogen and oxygen atoms in total. The number of ether oxygens (including phenoxy) is 3. The van der Waals surface area contributed by atoms with Gasteiger partial charge in [-0.3, -0.25) is 4.90 Å². The molecule has 39 heavy (non-hydrogen) atoms. The average molecular weight is 544 g/mol. The molecule has 5 fully saturated rings. The van der Waals surface area contributed by atoms with E-state index in [1.165, 1.54) is 26.0 Å². The number of rotatable bonds is 7. The van der Waals surface area contributed by atoms with Crippen molar-refractivity contribution in [3.05, 3.63) is 24.3 Å². The molecular formula is C32H49NO6. The smallest absolute Gasteiger partial charge is 0.466 e. The van der Waals surface area contributed by atoms with E-state index in [1.807, 2.05) is 0 Å². The molecule has 8 atom stereocenters. The van der Waals surface area contributed by atoms with Gasteiger partial charge in [0.2, 0.25) is 0 Å². The number of esters is 1. The van der Waals surface area contributed by atoms with E-state index in [9.17, 15) is 14.7 Å². The van der Waals surface area contributed by atoms with Crippen LogP contribution in [0.2, 0.25) is 0 Å². The highest BCUT2D eigenvalue weighted by molar-refractivity contribution is 5.82. The number of allylic oxidation sites excluding steroid dienone is 2. The van der Waals surface area contributed by atoms with Gasteiger partial charge in [-0.05, 0) is 113 Å². The number of likely N-dealkylation sites (tertiary alicyclic amines) is 1. The molecule has 4 aliphatic carbocycles.